The number of carbonyl (C=O) groups excluding carboxylic acids is 1. The molecule has 6 rings (SSSR count). The third-order valence-electron chi connectivity index (χ3n) is 10.0. The Hall–Kier alpha value is -1.45. The van der Waals surface area contributed by atoms with Gasteiger partial charge in [0.1, 0.15) is 12.2 Å². The first-order valence-corrected chi connectivity index (χ1v) is 13.6. The smallest absolute Gasteiger partial charge is 0.309 e. The predicted molar refractivity (Wildman–Crippen MR) is 128 cm³/mol. The van der Waals surface area contributed by atoms with Crippen molar-refractivity contribution in [2.75, 3.05) is 13.7 Å². The van der Waals surface area contributed by atoms with Crippen LogP contribution >= 0.6 is 0 Å². The van der Waals surface area contributed by atoms with E-state index in [0.29, 0.717) is 19.4 Å². The Morgan fingerprint density at radius 2 is 2.06 bits per heavy atom. The lowest BCUT2D eigenvalue weighted by Gasteiger charge is -2.50. The zero-order valence-electron chi connectivity index (χ0n) is 21.8. The molecule has 0 spiro atoms. The van der Waals surface area contributed by atoms with E-state index in [1.54, 1.807) is 7.11 Å². The molecule has 200 valence electrons. The summed E-state index contributed by atoms with van der Waals surface area (Å²) in [6, 6.07) is 0. The second-order valence-electron chi connectivity index (χ2n) is 12.0. The highest BCUT2D eigenvalue weighted by atomic mass is 16.7. The number of aliphatic hydroxyl groups excluding tert-OH is 1. The van der Waals surface area contributed by atoms with Gasteiger partial charge in [-0.1, -0.05) is 18.6 Å². The molecule has 0 aromatic carbocycles. The molecule has 8 heteroatoms. The summed E-state index contributed by atoms with van der Waals surface area (Å²) in [6.45, 7) is 6.54. The molecule has 0 radical (unpaired) electrons. The summed E-state index contributed by atoms with van der Waals surface area (Å²) in [7, 11) is 1.62. The van der Waals surface area contributed by atoms with E-state index in [4.69, 9.17) is 28.4 Å². The second kappa shape index (κ2) is 9.09. The minimum Gasteiger partial charge on any atom is -0.469 e. The van der Waals surface area contributed by atoms with Crippen LogP contribution < -0.4 is 0 Å². The number of allylic oxidation sites excluding steroid dienone is 1. The molecule has 11 atom stereocenters. The third-order valence-corrected chi connectivity index (χ3v) is 10.0. The molecule has 1 N–H and O–H groups in total. The van der Waals surface area contributed by atoms with Crippen LogP contribution in [-0.4, -0.2) is 67.4 Å². The van der Waals surface area contributed by atoms with E-state index in [-0.39, 0.29) is 59.8 Å². The Kier molecular flexibility index (Phi) is 6.27. The largest absolute Gasteiger partial charge is 0.469 e. The van der Waals surface area contributed by atoms with Crippen LogP contribution in [0.3, 0.4) is 0 Å². The van der Waals surface area contributed by atoms with E-state index in [1.165, 1.54) is 11.1 Å². The van der Waals surface area contributed by atoms with Gasteiger partial charge in [0.15, 0.2) is 6.29 Å². The zero-order valence-corrected chi connectivity index (χ0v) is 21.8. The predicted octanol–water partition coefficient (Wildman–Crippen LogP) is 3.62. The SMILES string of the molecule is CO[C@H]1C[C@@H](O[C@@H]2CC[C@]3(C)C(=CC[C@@H]4C(=O)O[C@H]5CO[C@@]6(C)OC=C(CC[C@H]43)[C@@H]56)C2)O[C@@H](C)[C@@H]1O. The molecule has 0 amide bonds. The van der Waals surface area contributed by atoms with Crippen molar-refractivity contribution >= 4 is 5.97 Å². The van der Waals surface area contributed by atoms with E-state index in [9.17, 15) is 9.90 Å². The van der Waals surface area contributed by atoms with Gasteiger partial charge in [-0.3, -0.25) is 4.79 Å². The molecule has 1 saturated carbocycles. The summed E-state index contributed by atoms with van der Waals surface area (Å²) in [6.07, 6.45) is 8.04. The average Bonchev–Trinajstić information content (AvgIpc) is 3.36. The number of fused-ring (bicyclic) bond motifs is 3. The first-order valence-electron chi connectivity index (χ1n) is 13.6. The van der Waals surface area contributed by atoms with Gasteiger partial charge < -0.3 is 33.5 Å². The third kappa shape index (κ3) is 3.95. The molecule has 8 nitrogen and oxygen atoms in total. The van der Waals surface area contributed by atoms with Crippen molar-refractivity contribution in [2.24, 2.45) is 23.2 Å². The van der Waals surface area contributed by atoms with Gasteiger partial charge in [-0.05, 0) is 62.4 Å². The van der Waals surface area contributed by atoms with Crippen molar-refractivity contribution < 1.29 is 38.3 Å². The lowest BCUT2D eigenvalue weighted by Crippen LogP contribution is -2.50. The maximum atomic E-state index is 13.5. The summed E-state index contributed by atoms with van der Waals surface area (Å²) >= 11 is 0. The standard InChI is InChI=1S/C28H40O8/c1-15-25(29)21(31-4)12-23(34-15)35-18-9-10-27(2)17(11-18)6-7-19-20(27)8-5-16-13-32-28(3)24(16)22(14-33-28)36-26(19)30/h6,13,15,18-25,29H,5,7-12,14H2,1-4H3/t15-,18+,19-,20+,21-,22-,23+,24-,25-,27+,28+/m0/s1. The average molecular weight is 505 g/mol. The Morgan fingerprint density at radius 3 is 2.86 bits per heavy atom. The lowest BCUT2D eigenvalue weighted by atomic mass is 9.55. The molecule has 0 aromatic heterocycles. The van der Waals surface area contributed by atoms with Gasteiger partial charge in [-0.15, -0.1) is 0 Å². The molecule has 3 saturated heterocycles. The minimum absolute atomic E-state index is 0.0155. The fourth-order valence-electron chi connectivity index (χ4n) is 7.86. The molecule has 0 unspecified atom stereocenters. The molecule has 0 aromatic rings. The topological polar surface area (TPSA) is 92.7 Å². The highest BCUT2D eigenvalue weighted by molar-refractivity contribution is 5.74. The number of aliphatic hydroxyl groups is 1. The molecule has 2 aliphatic carbocycles. The van der Waals surface area contributed by atoms with Gasteiger partial charge in [0.05, 0.1) is 43.0 Å². The molecular formula is C28H40O8. The van der Waals surface area contributed by atoms with Crippen LogP contribution in [-0.2, 0) is 33.2 Å². The molecule has 0 bridgehead atoms. The van der Waals surface area contributed by atoms with Gasteiger partial charge in [-0.25, -0.2) is 0 Å². The quantitative estimate of drug-likeness (QED) is 0.460. The van der Waals surface area contributed by atoms with Gasteiger partial charge >= 0.3 is 5.97 Å². The maximum absolute atomic E-state index is 13.5. The van der Waals surface area contributed by atoms with Crippen molar-refractivity contribution in [3.8, 4) is 0 Å². The van der Waals surface area contributed by atoms with Crippen molar-refractivity contribution in [2.45, 2.75) is 108 Å². The van der Waals surface area contributed by atoms with E-state index in [2.05, 4.69) is 13.0 Å². The monoisotopic (exact) mass is 504 g/mol. The fourth-order valence-corrected chi connectivity index (χ4v) is 7.86. The van der Waals surface area contributed by atoms with E-state index < -0.39 is 11.9 Å². The normalized spacial score (nSPS) is 50.2. The molecular weight excluding hydrogens is 464 g/mol. The number of carbonyl (C=O) groups is 1. The van der Waals surface area contributed by atoms with Gasteiger partial charge in [0.2, 0.25) is 5.79 Å². The van der Waals surface area contributed by atoms with Crippen molar-refractivity contribution in [1.82, 2.24) is 0 Å². The number of hydrogen-bond donors (Lipinski definition) is 1. The zero-order chi connectivity index (χ0) is 25.2. The summed E-state index contributed by atoms with van der Waals surface area (Å²) in [5.41, 5.74) is 2.54. The Bertz CT molecular complexity index is 946. The van der Waals surface area contributed by atoms with Crippen molar-refractivity contribution in [1.29, 1.82) is 0 Å². The number of rotatable bonds is 3. The van der Waals surface area contributed by atoms with Gasteiger partial charge in [0, 0.05) is 20.5 Å². The van der Waals surface area contributed by atoms with Crippen LogP contribution in [0.4, 0.5) is 0 Å². The maximum Gasteiger partial charge on any atom is 0.309 e. The van der Waals surface area contributed by atoms with Crippen LogP contribution in [0.15, 0.2) is 23.5 Å². The highest BCUT2D eigenvalue weighted by Crippen LogP contribution is 2.57. The molecule has 36 heavy (non-hydrogen) atoms. The summed E-state index contributed by atoms with van der Waals surface area (Å²) in [5.74, 6) is -0.727. The van der Waals surface area contributed by atoms with Crippen molar-refractivity contribution in [3.05, 3.63) is 23.5 Å². The van der Waals surface area contributed by atoms with Crippen LogP contribution in [0.2, 0.25) is 0 Å². The van der Waals surface area contributed by atoms with Crippen molar-refractivity contribution in [3.63, 3.8) is 0 Å². The van der Waals surface area contributed by atoms with Crippen LogP contribution in [0.5, 0.6) is 0 Å². The lowest BCUT2D eigenvalue weighted by molar-refractivity contribution is -0.265. The molecule has 4 aliphatic heterocycles. The van der Waals surface area contributed by atoms with E-state index in [0.717, 1.165) is 32.1 Å². The Morgan fingerprint density at radius 1 is 1.22 bits per heavy atom. The van der Waals surface area contributed by atoms with Gasteiger partial charge in [0.25, 0.3) is 0 Å². The molecule has 4 heterocycles. The number of ether oxygens (including phenoxy) is 6. The summed E-state index contributed by atoms with van der Waals surface area (Å²) in [5, 5.41) is 10.3. The molecule has 4 fully saturated rings. The highest BCUT2D eigenvalue weighted by Gasteiger charge is 2.58. The molecule has 6 aliphatic rings. The number of methoxy groups -OCH3 is 1. The minimum atomic E-state index is -0.713. The van der Waals surface area contributed by atoms with Crippen LogP contribution in [0.1, 0.15) is 65.7 Å². The Labute approximate surface area is 213 Å². The van der Waals surface area contributed by atoms with Gasteiger partial charge in [-0.2, -0.15) is 0 Å². The number of esters is 1. The van der Waals surface area contributed by atoms with E-state index >= 15 is 0 Å². The number of hydrogen-bond acceptors (Lipinski definition) is 8. The summed E-state index contributed by atoms with van der Waals surface area (Å²) in [4.78, 5) is 13.5. The van der Waals surface area contributed by atoms with E-state index in [1.807, 2.05) is 20.1 Å². The first-order chi connectivity index (χ1) is 17.2. The first kappa shape index (κ1) is 24.9. The second-order valence-corrected chi connectivity index (χ2v) is 12.0. The van der Waals surface area contributed by atoms with Crippen LogP contribution in [0.25, 0.3) is 0 Å². The Balaban J connectivity index is 1.18. The fraction of sp³-hybridized carbons (Fsp3) is 0.821. The summed E-state index contributed by atoms with van der Waals surface area (Å²) < 4.78 is 35.8. The van der Waals surface area contributed by atoms with Crippen LogP contribution in [0, 0.1) is 23.2 Å².